The van der Waals surface area contributed by atoms with Crippen LogP contribution in [0.1, 0.15) is 11.1 Å². The van der Waals surface area contributed by atoms with Crippen LogP contribution in [-0.4, -0.2) is 10.0 Å². The summed E-state index contributed by atoms with van der Waals surface area (Å²) in [4.78, 5) is 10.1. The Balaban J connectivity index is 3.35. The Hall–Kier alpha value is -0.690. The summed E-state index contributed by atoms with van der Waals surface area (Å²) in [5, 5.41) is 19.5. The van der Waals surface area contributed by atoms with Crippen LogP contribution >= 0.6 is 22.6 Å². The molecule has 4 nitrogen and oxygen atoms in total. The van der Waals surface area contributed by atoms with Crippen molar-refractivity contribution in [2.75, 3.05) is 0 Å². The van der Waals surface area contributed by atoms with Crippen LogP contribution in [0.2, 0.25) is 0 Å². The molecule has 5 heteroatoms. The number of aliphatic hydroxyl groups excluding tert-OH is 1. The molecule has 13 heavy (non-hydrogen) atoms. The van der Waals surface area contributed by atoms with E-state index in [0.717, 1.165) is 3.57 Å². The van der Waals surface area contributed by atoms with Gasteiger partial charge in [-0.1, -0.05) is 0 Å². The van der Waals surface area contributed by atoms with E-state index in [1.165, 1.54) is 6.07 Å². The second-order valence-corrected chi connectivity index (χ2v) is 3.87. The van der Waals surface area contributed by atoms with Crippen molar-refractivity contribution < 1.29 is 10.0 Å². The van der Waals surface area contributed by atoms with Gasteiger partial charge in [-0.25, -0.2) is 0 Å². The molecular weight excluding hydrogens is 285 g/mol. The predicted molar refractivity (Wildman–Crippen MR) is 56.5 cm³/mol. The summed E-state index contributed by atoms with van der Waals surface area (Å²) in [6, 6.07) is 3.23. The van der Waals surface area contributed by atoms with Crippen molar-refractivity contribution >= 4 is 28.3 Å². The van der Waals surface area contributed by atoms with Crippen molar-refractivity contribution in [3.8, 4) is 0 Å². The molecule has 0 aliphatic carbocycles. The second kappa shape index (κ2) is 4.01. The zero-order chi connectivity index (χ0) is 10.0. The summed E-state index contributed by atoms with van der Waals surface area (Å²) in [5.41, 5.74) is 1.21. The fourth-order valence-electron chi connectivity index (χ4n) is 1.07. The van der Waals surface area contributed by atoms with Gasteiger partial charge in [-0.15, -0.1) is 0 Å². The number of hydrogen-bond donors (Lipinski definition) is 1. The first kappa shape index (κ1) is 10.4. The molecule has 1 rings (SSSR count). The minimum absolute atomic E-state index is 0.0657. The van der Waals surface area contributed by atoms with Crippen LogP contribution < -0.4 is 0 Å². The highest BCUT2D eigenvalue weighted by Crippen LogP contribution is 2.24. The van der Waals surface area contributed by atoms with E-state index in [2.05, 4.69) is 0 Å². The van der Waals surface area contributed by atoms with Gasteiger partial charge in [0.05, 0.1) is 11.5 Å². The van der Waals surface area contributed by atoms with Crippen LogP contribution in [0.25, 0.3) is 0 Å². The molecule has 0 fully saturated rings. The molecule has 1 aromatic carbocycles. The van der Waals surface area contributed by atoms with E-state index in [1.807, 2.05) is 22.6 Å². The highest BCUT2D eigenvalue weighted by atomic mass is 127. The predicted octanol–water partition coefficient (Wildman–Crippen LogP) is 2.00. The molecule has 0 atom stereocenters. The SMILES string of the molecule is Cc1c(CO)cc(I)cc1[N+](=O)[O-]. The molecule has 0 saturated carbocycles. The van der Waals surface area contributed by atoms with E-state index >= 15 is 0 Å². The highest BCUT2D eigenvalue weighted by molar-refractivity contribution is 14.1. The summed E-state index contributed by atoms with van der Waals surface area (Å²) < 4.78 is 0.763. The maximum atomic E-state index is 10.6. The van der Waals surface area contributed by atoms with Gasteiger partial charge in [-0.3, -0.25) is 10.1 Å². The molecule has 0 heterocycles. The van der Waals surface area contributed by atoms with Gasteiger partial charge in [0.25, 0.3) is 5.69 Å². The summed E-state index contributed by atoms with van der Waals surface area (Å²) >= 11 is 1.99. The van der Waals surface area contributed by atoms with Crippen LogP contribution in [0.4, 0.5) is 5.69 Å². The van der Waals surface area contributed by atoms with Crippen LogP contribution in [-0.2, 0) is 6.61 Å². The van der Waals surface area contributed by atoms with Gasteiger partial charge < -0.3 is 5.11 Å². The standard InChI is InChI=1S/C8H8INO3/c1-5-6(4-11)2-7(9)3-8(5)10(12)13/h2-3,11H,4H2,1H3. The lowest BCUT2D eigenvalue weighted by molar-refractivity contribution is -0.385. The number of nitro groups is 1. The summed E-state index contributed by atoms with van der Waals surface area (Å²) in [6.07, 6.45) is 0. The molecule has 0 aliphatic heterocycles. The highest BCUT2D eigenvalue weighted by Gasteiger charge is 2.14. The Labute approximate surface area is 88.9 Å². The summed E-state index contributed by atoms with van der Waals surface area (Å²) in [7, 11) is 0. The second-order valence-electron chi connectivity index (χ2n) is 2.62. The number of nitro benzene ring substituents is 1. The van der Waals surface area contributed by atoms with Crippen molar-refractivity contribution in [1.82, 2.24) is 0 Å². The maximum Gasteiger partial charge on any atom is 0.273 e. The Morgan fingerprint density at radius 3 is 2.69 bits per heavy atom. The number of nitrogens with zero attached hydrogens (tertiary/aromatic N) is 1. The third-order valence-corrected chi connectivity index (χ3v) is 2.44. The average Bonchev–Trinajstić information content (AvgIpc) is 2.08. The minimum Gasteiger partial charge on any atom is -0.392 e. The third-order valence-electron chi connectivity index (χ3n) is 1.82. The molecule has 1 aromatic rings. The van der Waals surface area contributed by atoms with E-state index in [0.29, 0.717) is 11.1 Å². The largest absolute Gasteiger partial charge is 0.392 e. The van der Waals surface area contributed by atoms with Gasteiger partial charge in [-0.05, 0) is 41.1 Å². The van der Waals surface area contributed by atoms with E-state index in [9.17, 15) is 10.1 Å². The van der Waals surface area contributed by atoms with E-state index in [1.54, 1.807) is 13.0 Å². The van der Waals surface area contributed by atoms with E-state index < -0.39 is 4.92 Å². The maximum absolute atomic E-state index is 10.6. The molecule has 0 amide bonds. The lowest BCUT2D eigenvalue weighted by Crippen LogP contribution is -1.97. The topological polar surface area (TPSA) is 63.4 Å². The number of halogens is 1. The molecule has 0 unspecified atom stereocenters. The Bertz CT molecular complexity index is 351. The van der Waals surface area contributed by atoms with Gasteiger partial charge in [0.2, 0.25) is 0 Å². The van der Waals surface area contributed by atoms with Crippen molar-refractivity contribution in [3.63, 3.8) is 0 Å². The lowest BCUT2D eigenvalue weighted by atomic mass is 10.1. The van der Waals surface area contributed by atoms with Gasteiger partial charge in [0.1, 0.15) is 0 Å². The Morgan fingerprint density at radius 2 is 2.23 bits per heavy atom. The van der Waals surface area contributed by atoms with Gasteiger partial charge in [-0.2, -0.15) is 0 Å². The average molecular weight is 293 g/mol. The molecule has 70 valence electrons. The molecule has 0 aliphatic rings. The Kier molecular flexibility index (Phi) is 3.21. The van der Waals surface area contributed by atoms with Crippen molar-refractivity contribution in [1.29, 1.82) is 0 Å². The fourth-order valence-corrected chi connectivity index (χ4v) is 1.74. The van der Waals surface area contributed by atoms with E-state index in [4.69, 9.17) is 5.11 Å². The van der Waals surface area contributed by atoms with E-state index in [-0.39, 0.29) is 12.3 Å². The number of aliphatic hydroxyl groups is 1. The van der Waals surface area contributed by atoms with Crippen molar-refractivity contribution in [2.45, 2.75) is 13.5 Å². The quantitative estimate of drug-likeness (QED) is 0.515. The normalized spacial score (nSPS) is 10.1. The first-order valence-corrected chi connectivity index (χ1v) is 4.68. The number of benzene rings is 1. The molecule has 1 N–H and O–H groups in total. The first-order chi connectivity index (χ1) is 6.06. The zero-order valence-electron chi connectivity index (χ0n) is 6.95. The van der Waals surface area contributed by atoms with Gasteiger partial charge in [0.15, 0.2) is 0 Å². The molecule has 0 saturated heterocycles. The monoisotopic (exact) mass is 293 g/mol. The summed E-state index contributed by atoms with van der Waals surface area (Å²) in [5.74, 6) is 0. The lowest BCUT2D eigenvalue weighted by Gasteiger charge is -2.03. The molecular formula is C8H8INO3. The van der Waals surface area contributed by atoms with Gasteiger partial charge >= 0.3 is 0 Å². The first-order valence-electron chi connectivity index (χ1n) is 3.60. The molecule has 0 aromatic heterocycles. The fraction of sp³-hybridized carbons (Fsp3) is 0.250. The van der Waals surface area contributed by atoms with Crippen LogP contribution in [0, 0.1) is 20.6 Å². The summed E-state index contributed by atoms with van der Waals surface area (Å²) in [6.45, 7) is 1.48. The number of hydrogen-bond acceptors (Lipinski definition) is 3. The smallest absolute Gasteiger partial charge is 0.273 e. The van der Waals surface area contributed by atoms with Gasteiger partial charge in [0, 0.05) is 15.2 Å². The molecule has 0 bridgehead atoms. The van der Waals surface area contributed by atoms with Crippen LogP contribution in [0.3, 0.4) is 0 Å². The zero-order valence-corrected chi connectivity index (χ0v) is 9.11. The van der Waals surface area contributed by atoms with Crippen LogP contribution in [0.5, 0.6) is 0 Å². The van der Waals surface area contributed by atoms with Crippen molar-refractivity contribution in [3.05, 3.63) is 36.9 Å². The van der Waals surface area contributed by atoms with Crippen molar-refractivity contribution in [2.24, 2.45) is 0 Å². The molecule has 0 radical (unpaired) electrons. The Morgan fingerprint density at radius 1 is 1.62 bits per heavy atom. The third kappa shape index (κ3) is 2.16. The molecule has 0 spiro atoms. The minimum atomic E-state index is -0.434. The number of rotatable bonds is 2. The van der Waals surface area contributed by atoms with Crippen LogP contribution in [0.15, 0.2) is 12.1 Å².